The number of aromatic nitrogens is 3. The number of hydrogen-bond acceptors (Lipinski definition) is 4. The predicted octanol–water partition coefficient (Wildman–Crippen LogP) is 2.53. The zero-order valence-corrected chi connectivity index (χ0v) is 13.5. The van der Waals surface area contributed by atoms with Crippen LogP contribution in [0, 0.1) is 0 Å². The molecule has 25 heavy (non-hydrogen) atoms. The van der Waals surface area contributed by atoms with E-state index in [0.29, 0.717) is 31.8 Å². The van der Waals surface area contributed by atoms with Crippen LogP contribution in [0.25, 0.3) is 0 Å². The highest BCUT2D eigenvalue weighted by molar-refractivity contribution is 5.96. The summed E-state index contributed by atoms with van der Waals surface area (Å²) in [5.41, 5.74) is -0.574. The number of methoxy groups -OCH3 is 1. The fourth-order valence-corrected chi connectivity index (χ4v) is 2.94. The Labute approximate surface area is 142 Å². The minimum Gasteiger partial charge on any atom is -0.378 e. The molecule has 1 aliphatic heterocycles. The maximum absolute atomic E-state index is 13.1. The topological polar surface area (TPSA) is 60.2 Å². The molecular weight excluding hydrogens is 337 g/mol. The van der Waals surface area contributed by atoms with E-state index in [2.05, 4.69) is 10.3 Å². The molecule has 1 saturated heterocycles. The van der Waals surface area contributed by atoms with Crippen molar-refractivity contribution in [2.45, 2.75) is 25.2 Å². The third-order valence-electron chi connectivity index (χ3n) is 4.14. The Balaban J connectivity index is 1.75. The van der Waals surface area contributed by atoms with Gasteiger partial charge in [0.25, 0.3) is 5.91 Å². The SMILES string of the molecule is COCc1cn([C@H]2CCN(C(=O)c3ccccc3C(F)(F)F)C2)nn1. The molecule has 1 aromatic heterocycles. The zero-order valence-electron chi connectivity index (χ0n) is 13.5. The molecule has 1 aliphatic rings. The molecular formula is C16H17F3N4O2. The minimum absolute atomic E-state index is 0.111. The van der Waals surface area contributed by atoms with Crippen LogP contribution in [0.2, 0.25) is 0 Å². The second-order valence-electron chi connectivity index (χ2n) is 5.86. The highest BCUT2D eigenvalue weighted by Crippen LogP contribution is 2.33. The van der Waals surface area contributed by atoms with Gasteiger partial charge in [0.15, 0.2) is 0 Å². The first-order valence-corrected chi connectivity index (χ1v) is 7.75. The summed E-state index contributed by atoms with van der Waals surface area (Å²) in [6.45, 7) is 0.990. The summed E-state index contributed by atoms with van der Waals surface area (Å²) >= 11 is 0. The van der Waals surface area contributed by atoms with Gasteiger partial charge < -0.3 is 9.64 Å². The van der Waals surface area contributed by atoms with E-state index in [9.17, 15) is 18.0 Å². The average Bonchev–Trinajstić information content (AvgIpc) is 3.23. The van der Waals surface area contributed by atoms with Gasteiger partial charge in [-0.1, -0.05) is 17.3 Å². The van der Waals surface area contributed by atoms with Crippen LogP contribution in [-0.4, -0.2) is 46.0 Å². The summed E-state index contributed by atoms with van der Waals surface area (Å²) in [7, 11) is 1.55. The van der Waals surface area contributed by atoms with Gasteiger partial charge in [-0.3, -0.25) is 4.79 Å². The van der Waals surface area contributed by atoms with E-state index in [1.807, 2.05) is 0 Å². The maximum Gasteiger partial charge on any atom is 0.417 e. The van der Waals surface area contributed by atoms with E-state index in [1.54, 1.807) is 18.0 Å². The van der Waals surface area contributed by atoms with Crippen LogP contribution in [0.15, 0.2) is 30.5 Å². The lowest BCUT2D eigenvalue weighted by Gasteiger charge is -2.19. The molecule has 1 aromatic carbocycles. The van der Waals surface area contributed by atoms with Gasteiger partial charge in [-0.2, -0.15) is 13.2 Å². The quantitative estimate of drug-likeness (QED) is 0.847. The van der Waals surface area contributed by atoms with Crippen LogP contribution in [0.4, 0.5) is 13.2 Å². The molecule has 0 N–H and O–H groups in total. The molecule has 0 unspecified atom stereocenters. The van der Waals surface area contributed by atoms with Gasteiger partial charge in [0.1, 0.15) is 5.69 Å². The lowest BCUT2D eigenvalue weighted by atomic mass is 10.1. The summed E-state index contributed by atoms with van der Waals surface area (Å²) in [4.78, 5) is 14.0. The van der Waals surface area contributed by atoms with Gasteiger partial charge >= 0.3 is 6.18 Å². The first kappa shape index (κ1) is 17.4. The second-order valence-corrected chi connectivity index (χ2v) is 5.86. The van der Waals surface area contributed by atoms with Crippen LogP contribution in [0.3, 0.4) is 0 Å². The van der Waals surface area contributed by atoms with Crippen LogP contribution in [-0.2, 0) is 17.5 Å². The molecule has 1 amide bonds. The second kappa shape index (κ2) is 6.83. The molecule has 0 radical (unpaired) electrons. The largest absolute Gasteiger partial charge is 0.417 e. The Kier molecular flexibility index (Phi) is 4.76. The monoisotopic (exact) mass is 354 g/mol. The number of likely N-dealkylation sites (tertiary alicyclic amines) is 1. The van der Waals surface area contributed by atoms with Crippen molar-refractivity contribution >= 4 is 5.91 Å². The molecule has 2 heterocycles. The van der Waals surface area contributed by atoms with Crippen LogP contribution >= 0.6 is 0 Å². The Hall–Kier alpha value is -2.42. The van der Waals surface area contributed by atoms with Crippen LogP contribution in [0.5, 0.6) is 0 Å². The van der Waals surface area contributed by atoms with E-state index in [1.165, 1.54) is 23.1 Å². The number of amides is 1. The minimum atomic E-state index is -4.56. The number of hydrogen-bond donors (Lipinski definition) is 0. The van der Waals surface area contributed by atoms with Crippen molar-refractivity contribution in [3.63, 3.8) is 0 Å². The number of alkyl halides is 3. The molecule has 6 nitrogen and oxygen atoms in total. The van der Waals surface area contributed by atoms with E-state index < -0.39 is 17.6 Å². The van der Waals surface area contributed by atoms with Gasteiger partial charge in [-0.15, -0.1) is 5.10 Å². The molecule has 1 atom stereocenters. The first-order valence-electron chi connectivity index (χ1n) is 7.75. The standard InChI is InChI=1S/C16H17F3N4O2/c1-25-10-11-8-23(21-20-11)12-6-7-22(9-12)15(24)13-4-2-3-5-14(13)16(17,18)19/h2-5,8,12H,6-7,9-10H2,1H3/t12-/m0/s1. The predicted molar refractivity (Wildman–Crippen MR) is 81.7 cm³/mol. The summed E-state index contributed by atoms with van der Waals surface area (Å²) in [6, 6.07) is 4.74. The number of ether oxygens (including phenoxy) is 1. The number of carbonyl (C=O) groups excluding carboxylic acids is 1. The third kappa shape index (κ3) is 3.65. The van der Waals surface area contributed by atoms with Crippen molar-refractivity contribution in [2.75, 3.05) is 20.2 Å². The number of benzene rings is 1. The van der Waals surface area contributed by atoms with Crippen LogP contribution in [0.1, 0.15) is 34.1 Å². The number of rotatable bonds is 4. The van der Waals surface area contributed by atoms with Crippen molar-refractivity contribution in [3.8, 4) is 0 Å². The Morgan fingerprint density at radius 1 is 1.36 bits per heavy atom. The Morgan fingerprint density at radius 3 is 2.84 bits per heavy atom. The first-order chi connectivity index (χ1) is 11.9. The highest BCUT2D eigenvalue weighted by atomic mass is 19.4. The van der Waals surface area contributed by atoms with E-state index >= 15 is 0 Å². The summed E-state index contributed by atoms with van der Waals surface area (Å²) in [6.07, 6.45) is -2.23. The van der Waals surface area contributed by atoms with E-state index in [0.717, 1.165) is 6.07 Å². The fraction of sp³-hybridized carbons (Fsp3) is 0.438. The number of carbonyl (C=O) groups is 1. The van der Waals surface area contributed by atoms with Crippen molar-refractivity contribution < 1.29 is 22.7 Å². The summed E-state index contributed by atoms with van der Waals surface area (Å²) in [5.74, 6) is -0.618. The van der Waals surface area contributed by atoms with Crippen molar-refractivity contribution in [2.24, 2.45) is 0 Å². The Bertz CT molecular complexity index is 760. The van der Waals surface area contributed by atoms with Gasteiger partial charge in [-0.05, 0) is 18.6 Å². The third-order valence-corrected chi connectivity index (χ3v) is 4.14. The molecule has 134 valence electrons. The molecule has 3 rings (SSSR count). The van der Waals surface area contributed by atoms with E-state index in [4.69, 9.17) is 4.74 Å². The summed E-state index contributed by atoms with van der Waals surface area (Å²) < 4.78 is 45.9. The maximum atomic E-state index is 13.1. The lowest BCUT2D eigenvalue weighted by Crippen LogP contribution is -2.31. The van der Waals surface area contributed by atoms with Crippen molar-refractivity contribution in [1.82, 2.24) is 19.9 Å². The molecule has 9 heteroatoms. The van der Waals surface area contributed by atoms with E-state index in [-0.39, 0.29) is 11.6 Å². The van der Waals surface area contributed by atoms with Crippen LogP contribution < -0.4 is 0 Å². The molecule has 0 spiro atoms. The number of halogens is 3. The lowest BCUT2D eigenvalue weighted by molar-refractivity contribution is -0.138. The normalized spacial score (nSPS) is 17.9. The summed E-state index contributed by atoms with van der Waals surface area (Å²) in [5, 5.41) is 7.97. The fourth-order valence-electron chi connectivity index (χ4n) is 2.94. The number of nitrogens with zero attached hydrogens (tertiary/aromatic N) is 4. The van der Waals surface area contributed by atoms with Gasteiger partial charge in [-0.25, -0.2) is 4.68 Å². The highest BCUT2D eigenvalue weighted by Gasteiger charge is 2.37. The van der Waals surface area contributed by atoms with Crippen molar-refractivity contribution in [1.29, 1.82) is 0 Å². The molecule has 0 bridgehead atoms. The average molecular weight is 354 g/mol. The molecule has 1 fully saturated rings. The van der Waals surface area contributed by atoms with Gasteiger partial charge in [0, 0.05) is 20.2 Å². The molecule has 2 aromatic rings. The smallest absolute Gasteiger partial charge is 0.378 e. The Morgan fingerprint density at radius 2 is 2.12 bits per heavy atom. The van der Waals surface area contributed by atoms with Crippen molar-refractivity contribution in [3.05, 3.63) is 47.3 Å². The van der Waals surface area contributed by atoms with Gasteiger partial charge in [0.05, 0.1) is 30.0 Å². The molecule has 0 saturated carbocycles. The zero-order chi connectivity index (χ0) is 18.0. The van der Waals surface area contributed by atoms with Gasteiger partial charge in [0.2, 0.25) is 0 Å². The molecule has 0 aliphatic carbocycles.